The van der Waals surface area contributed by atoms with E-state index in [4.69, 9.17) is 5.73 Å². The van der Waals surface area contributed by atoms with Crippen LogP contribution >= 0.6 is 0 Å². The Morgan fingerprint density at radius 2 is 2.21 bits per heavy atom. The molecule has 2 aliphatic heterocycles. The molecule has 0 radical (unpaired) electrons. The number of likely N-dealkylation sites (tertiary alicyclic amines) is 1. The van der Waals surface area contributed by atoms with Crippen molar-refractivity contribution in [1.82, 2.24) is 14.5 Å². The van der Waals surface area contributed by atoms with E-state index < -0.39 is 0 Å². The summed E-state index contributed by atoms with van der Waals surface area (Å²) in [7, 11) is 0. The van der Waals surface area contributed by atoms with Gasteiger partial charge in [0.15, 0.2) is 0 Å². The molecule has 1 saturated heterocycles. The lowest BCUT2D eigenvalue weighted by Gasteiger charge is -2.36. The quantitative estimate of drug-likeness (QED) is 0.843. The molecule has 0 saturated carbocycles. The number of aliphatic hydroxyl groups is 1. The second-order valence-corrected chi connectivity index (χ2v) is 6.84. The predicted molar refractivity (Wildman–Crippen MR) is 88.3 cm³/mol. The Balaban J connectivity index is 1.65. The van der Waals surface area contributed by atoms with Crippen molar-refractivity contribution in [3.05, 3.63) is 40.1 Å². The topological polar surface area (TPSA) is 84.4 Å². The van der Waals surface area contributed by atoms with E-state index in [-0.39, 0.29) is 29.3 Å². The predicted octanol–water partition coefficient (Wildman–Crippen LogP) is 0.274. The molecule has 0 amide bonds. The van der Waals surface area contributed by atoms with E-state index in [2.05, 4.69) is 9.88 Å². The van der Waals surface area contributed by atoms with E-state index in [1.165, 1.54) is 12.3 Å². The van der Waals surface area contributed by atoms with Crippen molar-refractivity contribution in [3.63, 3.8) is 0 Å². The lowest BCUT2D eigenvalue weighted by atomic mass is 9.93. The zero-order chi connectivity index (χ0) is 16.8. The maximum absolute atomic E-state index is 14.4. The highest BCUT2D eigenvalue weighted by atomic mass is 19.1. The lowest BCUT2D eigenvalue weighted by Crippen LogP contribution is -2.47. The molecule has 7 heteroatoms. The summed E-state index contributed by atoms with van der Waals surface area (Å²) in [6.45, 7) is 3.03. The minimum absolute atomic E-state index is 0.0487. The number of piperidine rings is 1. The van der Waals surface area contributed by atoms with Crippen LogP contribution in [0.3, 0.4) is 0 Å². The smallest absolute Gasteiger partial charge is 0.251 e. The Bertz CT molecular complexity index is 837. The molecule has 0 bridgehead atoms. The summed E-state index contributed by atoms with van der Waals surface area (Å²) < 4.78 is 16.1. The average molecular weight is 332 g/mol. The van der Waals surface area contributed by atoms with Gasteiger partial charge in [-0.25, -0.2) is 4.39 Å². The monoisotopic (exact) mass is 332 g/mol. The largest absolute Gasteiger partial charge is 0.393 e. The lowest BCUT2D eigenvalue weighted by molar-refractivity contribution is 0.0281. The van der Waals surface area contributed by atoms with Crippen LogP contribution in [0.4, 0.5) is 4.39 Å². The number of pyridine rings is 2. The Morgan fingerprint density at radius 1 is 1.38 bits per heavy atom. The minimum atomic E-state index is -0.362. The van der Waals surface area contributed by atoms with E-state index in [0.717, 1.165) is 6.54 Å². The van der Waals surface area contributed by atoms with Crippen LogP contribution in [-0.4, -0.2) is 51.8 Å². The van der Waals surface area contributed by atoms with E-state index in [0.29, 0.717) is 49.2 Å². The molecule has 3 atom stereocenters. The van der Waals surface area contributed by atoms with Crippen LogP contribution in [0.2, 0.25) is 0 Å². The van der Waals surface area contributed by atoms with Gasteiger partial charge < -0.3 is 20.3 Å². The second kappa shape index (κ2) is 5.91. The van der Waals surface area contributed by atoms with Crippen molar-refractivity contribution in [2.75, 3.05) is 26.2 Å². The van der Waals surface area contributed by atoms with E-state index in [1.807, 2.05) is 0 Å². The summed E-state index contributed by atoms with van der Waals surface area (Å²) in [4.78, 5) is 18.5. The van der Waals surface area contributed by atoms with Crippen LogP contribution in [0, 0.1) is 11.7 Å². The Labute approximate surface area is 138 Å². The van der Waals surface area contributed by atoms with Gasteiger partial charge in [-0.2, -0.15) is 0 Å². The highest BCUT2D eigenvalue weighted by molar-refractivity contribution is 5.80. The van der Waals surface area contributed by atoms with Crippen LogP contribution in [0.25, 0.3) is 11.0 Å². The maximum atomic E-state index is 14.4. The summed E-state index contributed by atoms with van der Waals surface area (Å²) in [5, 5.41) is 9.97. The summed E-state index contributed by atoms with van der Waals surface area (Å²) in [6.07, 6.45) is 1.56. The van der Waals surface area contributed by atoms with Gasteiger partial charge in [0.1, 0.15) is 5.82 Å². The molecular weight excluding hydrogens is 311 g/mol. The van der Waals surface area contributed by atoms with Gasteiger partial charge in [-0.05, 0) is 19.0 Å². The van der Waals surface area contributed by atoms with E-state index in [9.17, 15) is 14.3 Å². The van der Waals surface area contributed by atoms with Crippen LogP contribution < -0.4 is 11.3 Å². The molecule has 2 aromatic heterocycles. The molecule has 1 unspecified atom stereocenters. The molecule has 2 aliphatic rings. The molecule has 2 aromatic rings. The standard InChI is InChI=1S/C17H21FN4O2/c18-12-6-20-13-1-2-15(24)22-9-11(16(12)17(13)22)8-21-4-3-14(23)10(5-19)7-21/h1-2,6,10-11,14,23H,3-5,7-9,19H2/t10-,11?,14+/m1/s1. The van der Waals surface area contributed by atoms with Crippen molar-refractivity contribution < 1.29 is 9.50 Å². The molecule has 4 heterocycles. The number of rotatable bonds is 3. The Kier molecular flexibility index (Phi) is 3.86. The van der Waals surface area contributed by atoms with Gasteiger partial charge in [-0.1, -0.05) is 0 Å². The third kappa shape index (κ3) is 2.44. The normalized spacial score (nSPS) is 27.0. The Morgan fingerprint density at radius 3 is 3.00 bits per heavy atom. The zero-order valence-electron chi connectivity index (χ0n) is 13.4. The number of halogens is 1. The van der Waals surface area contributed by atoms with Crippen LogP contribution in [0.15, 0.2) is 23.1 Å². The number of hydrogen-bond acceptors (Lipinski definition) is 5. The number of aliphatic hydroxyl groups excluding tert-OH is 1. The first-order valence-electron chi connectivity index (χ1n) is 8.37. The third-order valence-corrected chi connectivity index (χ3v) is 5.36. The number of hydrogen-bond donors (Lipinski definition) is 2. The first-order chi connectivity index (χ1) is 11.6. The van der Waals surface area contributed by atoms with Gasteiger partial charge in [0.2, 0.25) is 0 Å². The molecule has 24 heavy (non-hydrogen) atoms. The molecule has 0 aliphatic carbocycles. The molecule has 1 fully saturated rings. The van der Waals surface area contributed by atoms with Crippen molar-refractivity contribution >= 4 is 11.0 Å². The fourth-order valence-corrected chi connectivity index (χ4v) is 4.10. The van der Waals surface area contributed by atoms with Gasteiger partial charge >= 0.3 is 0 Å². The van der Waals surface area contributed by atoms with Gasteiger partial charge in [0.25, 0.3) is 5.56 Å². The molecule has 6 nitrogen and oxygen atoms in total. The van der Waals surface area contributed by atoms with Crippen molar-refractivity contribution in [2.45, 2.75) is 25.0 Å². The van der Waals surface area contributed by atoms with Crippen LogP contribution in [0.5, 0.6) is 0 Å². The fraction of sp³-hybridized carbons (Fsp3) is 0.529. The van der Waals surface area contributed by atoms with Crippen molar-refractivity contribution in [2.24, 2.45) is 11.7 Å². The first-order valence-corrected chi connectivity index (χ1v) is 8.37. The van der Waals surface area contributed by atoms with E-state index in [1.54, 1.807) is 10.6 Å². The molecular formula is C17H21FN4O2. The number of nitrogens with zero attached hydrogens (tertiary/aromatic N) is 3. The number of nitrogens with two attached hydrogens (primary N) is 1. The zero-order valence-corrected chi connectivity index (χ0v) is 13.4. The average Bonchev–Trinajstić information content (AvgIpc) is 2.96. The van der Waals surface area contributed by atoms with Crippen LogP contribution in [0.1, 0.15) is 17.9 Å². The number of aromatic nitrogens is 2. The van der Waals surface area contributed by atoms with Gasteiger partial charge in [0, 0.05) is 49.6 Å². The summed E-state index contributed by atoms with van der Waals surface area (Å²) in [5.41, 5.74) is 7.49. The van der Waals surface area contributed by atoms with Gasteiger partial charge in [-0.3, -0.25) is 9.78 Å². The maximum Gasteiger partial charge on any atom is 0.251 e. The van der Waals surface area contributed by atoms with Gasteiger partial charge in [-0.15, -0.1) is 0 Å². The summed E-state index contributed by atoms with van der Waals surface area (Å²) in [6, 6.07) is 3.14. The van der Waals surface area contributed by atoms with E-state index >= 15 is 0 Å². The highest BCUT2D eigenvalue weighted by Gasteiger charge is 2.33. The Hall–Kier alpha value is -1.83. The molecule has 128 valence electrons. The van der Waals surface area contributed by atoms with Gasteiger partial charge in [0.05, 0.1) is 23.3 Å². The molecule has 3 N–H and O–H groups in total. The highest BCUT2D eigenvalue weighted by Crippen LogP contribution is 2.34. The molecule has 4 rings (SSSR count). The van der Waals surface area contributed by atoms with Crippen LogP contribution in [-0.2, 0) is 6.54 Å². The summed E-state index contributed by atoms with van der Waals surface area (Å²) >= 11 is 0. The molecule has 0 spiro atoms. The summed E-state index contributed by atoms with van der Waals surface area (Å²) in [5.74, 6) is -0.386. The minimum Gasteiger partial charge on any atom is -0.393 e. The van der Waals surface area contributed by atoms with Crippen molar-refractivity contribution in [3.8, 4) is 0 Å². The molecule has 0 aromatic carbocycles. The SMILES string of the molecule is NC[C@@H]1CN(CC2Cn3c(=O)ccc4ncc(F)c2c43)CC[C@@H]1O. The fourth-order valence-electron chi connectivity index (χ4n) is 4.10. The van der Waals surface area contributed by atoms with Crippen molar-refractivity contribution in [1.29, 1.82) is 0 Å². The first kappa shape index (κ1) is 15.7. The third-order valence-electron chi connectivity index (χ3n) is 5.36. The second-order valence-electron chi connectivity index (χ2n) is 6.84.